The van der Waals surface area contributed by atoms with Crippen molar-refractivity contribution in [2.24, 2.45) is 0 Å². The van der Waals surface area contributed by atoms with Crippen molar-refractivity contribution in [2.75, 3.05) is 18.6 Å². The van der Waals surface area contributed by atoms with Crippen molar-refractivity contribution in [2.45, 2.75) is 36.9 Å². The lowest BCUT2D eigenvalue weighted by molar-refractivity contribution is -0.117. The number of benzene rings is 3. The molecule has 224 valence electrons. The van der Waals surface area contributed by atoms with Crippen LogP contribution in [0.4, 0.5) is 5.13 Å². The molecular weight excluding hydrogens is 617 g/mol. The number of carbonyl (C=O) groups is 2. The highest BCUT2D eigenvalue weighted by Gasteiger charge is 2.47. The first-order valence-electron chi connectivity index (χ1n) is 13.8. The van der Waals surface area contributed by atoms with Gasteiger partial charge in [0.2, 0.25) is 10.9 Å². The number of thiazole rings is 1. The number of aliphatic hydroxyl groups excluding tert-OH is 1. The van der Waals surface area contributed by atoms with Gasteiger partial charge in [0.1, 0.15) is 0 Å². The summed E-state index contributed by atoms with van der Waals surface area (Å²) in [5, 5.41) is 23.2. The second-order valence-corrected chi connectivity index (χ2v) is 13.3. The van der Waals surface area contributed by atoms with Crippen LogP contribution in [0.2, 0.25) is 0 Å². The molecule has 1 N–H and O–H groups in total. The van der Waals surface area contributed by atoms with Gasteiger partial charge in [-0.15, -0.1) is 21.5 Å². The maximum atomic E-state index is 14.0. The van der Waals surface area contributed by atoms with Gasteiger partial charge in [-0.2, -0.15) is 0 Å². The molecule has 0 saturated heterocycles. The summed E-state index contributed by atoms with van der Waals surface area (Å²) in [7, 11) is 1.52. The summed E-state index contributed by atoms with van der Waals surface area (Å²) in [6.45, 7) is 5.85. The molecule has 0 bridgehead atoms. The Labute approximate surface area is 266 Å². The summed E-state index contributed by atoms with van der Waals surface area (Å²) in [6.07, 6.45) is 0. The van der Waals surface area contributed by atoms with E-state index in [4.69, 9.17) is 9.47 Å². The van der Waals surface area contributed by atoms with Crippen LogP contribution in [0.5, 0.6) is 11.5 Å². The molecule has 0 spiro atoms. The molecule has 1 aliphatic rings. The third-order valence-corrected chi connectivity index (χ3v) is 10.4. The molecule has 9 nitrogen and oxygen atoms in total. The summed E-state index contributed by atoms with van der Waals surface area (Å²) in [5.41, 5.74) is 2.19. The van der Waals surface area contributed by atoms with Gasteiger partial charge in [0.15, 0.2) is 21.6 Å². The molecule has 1 aliphatic heterocycles. The molecule has 1 amide bonds. The number of amides is 1. The van der Waals surface area contributed by atoms with E-state index in [0.29, 0.717) is 49.3 Å². The Morgan fingerprint density at radius 1 is 1.05 bits per heavy atom. The van der Waals surface area contributed by atoms with Gasteiger partial charge >= 0.3 is 0 Å². The smallest absolute Gasteiger partial charge is 0.296 e. The van der Waals surface area contributed by atoms with Crippen LogP contribution in [0.1, 0.15) is 44.5 Å². The van der Waals surface area contributed by atoms with Crippen LogP contribution in [-0.2, 0) is 10.5 Å². The number of thioether (sulfide) groups is 1. The highest BCUT2D eigenvalue weighted by molar-refractivity contribution is 8.00. The van der Waals surface area contributed by atoms with Crippen LogP contribution in [0, 0.1) is 13.8 Å². The number of aliphatic hydroxyl groups is 1. The summed E-state index contributed by atoms with van der Waals surface area (Å²) in [4.78, 5) is 33.8. The zero-order chi connectivity index (χ0) is 31.0. The number of fused-ring (bicyclic) bond motifs is 1. The van der Waals surface area contributed by atoms with Crippen molar-refractivity contribution < 1.29 is 24.2 Å². The Balaban J connectivity index is 1.38. The van der Waals surface area contributed by atoms with Gasteiger partial charge in [-0.3, -0.25) is 14.5 Å². The lowest BCUT2D eigenvalue weighted by atomic mass is 9.95. The Morgan fingerprint density at radius 2 is 1.84 bits per heavy atom. The van der Waals surface area contributed by atoms with Crippen molar-refractivity contribution >= 4 is 62.0 Å². The van der Waals surface area contributed by atoms with Crippen molar-refractivity contribution in [1.29, 1.82) is 0 Å². The summed E-state index contributed by atoms with van der Waals surface area (Å²) in [5.74, 6) is -0.212. The van der Waals surface area contributed by atoms with Gasteiger partial charge in [0.25, 0.3) is 5.91 Å². The summed E-state index contributed by atoms with van der Waals surface area (Å²) < 4.78 is 11.9. The number of anilines is 1. The van der Waals surface area contributed by atoms with E-state index in [2.05, 4.69) is 39.4 Å². The number of aryl methyl sites for hydroxylation is 2. The normalized spacial score (nSPS) is 15.0. The fourth-order valence-corrected chi connectivity index (χ4v) is 8.00. The molecule has 1 atom stereocenters. The van der Waals surface area contributed by atoms with E-state index in [1.807, 2.05) is 32.0 Å². The number of methoxy groups -OCH3 is 1. The Kier molecular flexibility index (Phi) is 8.39. The number of ketones is 1. The largest absolute Gasteiger partial charge is 0.503 e. The molecule has 2 aromatic heterocycles. The first kappa shape index (κ1) is 29.8. The molecular formula is C32H28N4O5S3. The van der Waals surface area contributed by atoms with Gasteiger partial charge in [-0.05, 0) is 54.8 Å². The third kappa shape index (κ3) is 5.44. The maximum absolute atomic E-state index is 14.0. The SMILES string of the molecule is CCOc1ccc(C2C(C(=O)c3sc(C)nc3C)=C(O)C(=O)N2c2nnc(SCc3cccc4ccccc34)s2)cc1OC. The lowest BCUT2D eigenvalue weighted by Gasteiger charge is -2.24. The average molecular weight is 645 g/mol. The molecule has 3 heterocycles. The predicted octanol–water partition coefficient (Wildman–Crippen LogP) is 7.25. The molecule has 3 aromatic carbocycles. The minimum Gasteiger partial charge on any atom is -0.503 e. The van der Waals surface area contributed by atoms with E-state index in [-0.39, 0.29) is 10.7 Å². The third-order valence-electron chi connectivity index (χ3n) is 7.20. The van der Waals surface area contributed by atoms with E-state index in [0.717, 1.165) is 16.3 Å². The zero-order valence-corrected chi connectivity index (χ0v) is 26.8. The average Bonchev–Trinajstić information content (AvgIpc) is 3.71. The first-order valence-corrected chi connectivity index (χ1v) is 16.4. The van der Waals surface area contributed by atoms with Crippen molar-refractivity contribution in [3.8, 4) is 11.5 Å². The minimum absolute atomic E-state index is 0.0480. The summed E-state index contributed by atoms with van der Waals surface area (Å²) in [6, 6.07) is 18.6. The quantitative estimate of drug-likeness (QED) is 0.0954. The zero-order valence-electron chi connectivity index (χ0n) is 24.4. The fourth-order valence-electron chi connectivity index (χ4n) is 5.26. The Morgan fingerprint density at radius 3 is 2.59 bits per heavy atom. The van der Waals surface area contributed by atoms with Crippen LogP contribution in [0.3, 0.4) is 0 Å². The number of hydrogen-bond acceptors (Lipinski definition) is 11. The van der Waals surface area contributed by atoms with Gasteiger partial charge < -0.3 is 14.6 Å². The van der Waals surface area contributed by atoms with Crippen LogP contribution < -0.4 is 14.4 Å². The molecule has 5 aromatic rings. The topological polar surface area (TPSA) is 115 Å². The predicted molar refractivity (Wildman–Crippen MR) is 173 cm³/mol. The number of carbonyl (C=O) groups excluding carboxylic acids is 2. The molecule has 0 fully saturated rings. The van der Waals surface area contributed by atoms with E-state index >= 15 is 0 Å². The van der Waals surface area contributed by atoms with E-state index in [1.165, 1.54) is 46.4 Å². The second-order valence-electron chi connectivity index (χ2n) is 9.94. The van der Waals surface area contributed by atoms with Crippen molar-refractivity contribution in [1.82, 2.24) is 15.2 Å². The molecule has 0 radical (unpaired) electrons. The first-order chi connectivity index (χ1) is 21.3. The summed E-state index contributed by atoms with van der Waals surface area (Å²) >= 11 is 3.96. The molecule has 12 heteroatoms. The van der Waals surface area contributed by atoms with Crippen LogP contribution >= 0.6 is 34.4 Å². The number of aromatic nitrogens is 3. The lowest BCUT2D eigenvalue weighted by Crippen LogP contribution is -2.31. The van der Waals surface area contributed by atoms with Crippen molar-refractivity contribution in [3.05, 3.63) is 98.7 Å². The molecule has 6 rings (SSSR count). The van der Waals surface area contributed by atoms with E-state index < -0.39 is 23.5 Å². The Bertz CT molecular complexity index is 1930. The minimum atomic E-state index is -0.981. The molecule has 0 aliphatic carbocycles. The number of ether oxygens (including phenoxy) is 2. The van der Waals surface area contributed by atoms with Crippen molar-refractivity contribution in [3.63, 3.8) is 0 Å². The van der Waals surface area contributed by atoms with Gasteiger partial charge in [0.05, 0.1) is 40.9 Å². The number of Topliss-reactive ketones (excluding diaryl/α,β-unsaturated/α-hetero) is 1. The number of rotatable bonds is 10. The molecule has 44 heavy (non-hydrogen) atoms. The van der Waals surface area contributed by atoms with Crippen LogP contribution in [-0.4, -0.2) is 45.7 Å². The monoisotopic (exact) mass is 644 g/mol. The fraction of sp³-hybridized carbons (Fsp3) is 0.219. The van der Waals surface area contributed by atoms with Crippen LogP contribution in [0.25, 0.3) is 10.8 Å². The highest BCUT2D eigenvalue weighted by atomic mass is 32.2. The highest BCUT2D eigenvalue weighted by Crippen LogP contribution is 2.46. The van der Waals surface area contributed by atoms with Crippen LogP contribution in [0.15, 0.2) is 76.3 Å². The molecule has 0 saturated carbocycles. The van der Waals surface area contributed by atoms with E-state index in [9.17, 15) is 14.7 Å². The number of nitrogens with zero attached hydrogens (tertiary/aromatic N) is 4. The maximum Gasteiger partial charge on any atom is 0.296 e. The molecule has 1 unspecified atom stereocenters. The standard InChI is InChI=1S/C32H28N4O5S3/c1-5-41-23-14-13-20(15-24(23)40-4)26-25(27(37)29-17(2)33-18(3)43-29)28(38)30(39)36(26)31-34-35-32(44-31)42-16-21-11-8-10-19-9-6-7-12-22(19)21/h6-15,26,38H,5,16H2,1-4H3. The number of hydrogen-bond donors (Lipinski definition) is 1. The van der Waals surface area contributed by atoms with Gasteiger partial charge in [-0.25, -0.2) is 4.98 Å². The van der Waals surface area contributed by atoms with Gasteiger partial charge in [-0.1, -0.05) is 71.6 Å². The second kappa shape index (κ2) is 12.4. The Hall–Kier alpha value is -4.26. The van der Waals surface area contributed by atoms with Gasteiger partial charge in [0, 0.05) is 5.75 Å². The van der Waals surface area contributed by atoms with E-state index in [1.54, 1.807) is 25.1 Å².